The Bertz CT molecular complexity index is 1190. The Hall–Kier alpha value is -3.18. The van der Waals surface area contributed by atoms with E-state index in [2.05, 4.69) is 10.3 Å². The number of benzene rings is 1. The normalized spacial score (nSPS) is 18.2. The second kappa shape index (κ2) is 11.3. The van der Waals surface area contributed by atoms with Crippen molar-refractivity contribution in [2.45, 2.75) is 26.1 Å². The molecule has 0 unspecified atom stereocenters. The molecule has 11 heteroatoms. The molecule has 1 saturated heterocycles. The van der Waals surface area contributed by atoms with E-state index in [1.54, 1.807) is 12.3 Å². The van der Waals surface area contributed by atoms with Gasteiger partial charge in [0.15, 0.2) is 5.58 Å². The van der Waals surface area contributed by atoms with Gasteiger partial charge in [0, 0.05) is 25.1 Å². The summed E-state index contributed by atoms with van der Waals surface area (Å²) in [6.45, 7) is 3.19. The number of hydrogen-bond donors (Lipinski definition) is 2. The third-order valence-corrected chi connectivity index (χ3v) is 5.27. The van der Waals surface area contributed by atoms with Crippen LogP contribution in [0.3, 0.4) is 0 Å². The van der Waals surface area contributed by atoms with Crippen LogP contribution in [0.1, 0.15) is 17.5 Å². The maximum absolute atomic E-state index is 14.6. The lowest BCUT2D eigenvalue weighted by Gasteiger charge is -2.34. The third-order valence-electron chi connectivity index (χ3n) is 5.27. The van der Waals surface area contributed by atoms with Gasteiger partial charge in [0.1, 0.15) is 24.1 Å². The molecule has 2 N–H and O–H groups in total. The summed E-state index contributed by atoms with van der Waals surface area (Å²) in [6.07, 6.45) is 1.30. The molecule has 0 radical (unpaired) electrons. The van der Waals surface area contributed by atoms with E-state index in [0.29, 0.717) is 31.6 Å². The summed E-state index contributed by atoms with van der Waals surface area (Å²) in [5.74, 6) is 0.504. The standard InChI is InChI=1S/C22H24FN3O3.CH4O3S/c1-15-2-4-16(5-3-15)14-29-22(27)26-10-8-17(18(23)13-26)12-24-21-7-6-20-19(25-21)9-11-28-20;1-5(2,3)4/h2-7,9,11,17-18H,8,10,12-14H2,1H3,(H,24,25);1H3,(H,2,3,4)/t17-,18-;/m1./s1. The average molecular weight is 494 g/mol. The largest absolute Gasteiger partial charge is 0.463 e. The fourth-order valence-electron chi connectivity index (χ4n) is 3.46. The van der Waals surface area contributed by atoms with Crippen LogP contribution in [0.25, 0.3) is 11.1 Å². The first-order valence-corrected chi connectivity index (χ1v) is 12.5. The Labute approximate surface area is 197 Å². The van der Waals surface area contributed by atoms with Gasteiger partial charge in [0.2, 0.25) is 0 Å². The number of furan rings is 1. The number of likely N-dealkylation sites (tertiary alicyclic amines) is 1. The van der Waals surface area contributed by atoms with Gasteiger partial charge in [-0.3, -0.25) is 4.55 Å². The molecule has 3 aromatic rings. The highest BCUT2D eigenvalue weighted by molar-refractivity contribution is 7.85. The molecular weight excluding hydrogens is 465 g/mol. The fourth-order valence-corrected chi connectivity index (χ4v) is 3.46. The first-order valence-electron chi connectivity index (χ1n) is 10.7. The molecule has 0 spiro atoms. The average Bonchev–Trinajstić information content (AvgIpc) is 3.24. The number of nitrogens with zero attached hydrogens (tertiary/aromatic N) is 2. The van der Waals surface area contributed by atoms with Crippen LogP contribution < -0.4 is 5.32 Å². The van der Waals surface area contributed by atoms with Crippen LogP contribution in [-0.2, 0) is 21.5 Å². The number of ether oxygens (including phenoxy) is 1. The van der Waals surface area contributed by atoms with Crippen LogP contribution in [0.5, 0.6) is 0 Å². The summed E-state index contributed by atoms with van der Waals surface area (Å²) in [5.41, 5.74) is 3.55. The summed E-state index contributed by atoms with van der Waals surface area (Å²) in [5, 5.41) is 3.19. The number of pyridine rings is 1. The highest BCUT2D eigenvalue weighted by atomic mass is 32.2. The topological polar surface area (TPSA) is 122 Å². The SMILES string of the molecule is CS(=O)(=O)O.Cc1ccc(COC(=O)N2CC[C@H](CNc3ccc4occc4n3)[C@H](F)C2)cc1. The van der Waals surface area contributed by atoms with Crippen LogP contribution in [-0.4, -0.2) is 61.0 Å². The monoisotopic (exact) mass is 493 g/mol. The number of nitrogens with one attached hydrogen (secondary N) is 1. The summed E-state index contributed by atoms with van der Waals surface area (Å²) in [4.78, 5) is 18.2. The van der Waals surface area contributed by atoms with E-state index < -0.39 is 22.4 Å². The quantitative estimate of drug-likeness (QED) is 0.511. The van der Waals surface area contributed by atoms with Crippen molar-refractivity contribution >= 4 is 33.1 Å². The van der Waals surface area contributed by atoms with Crippen LogP contribution in [0, 0.1) is 12.8 Å². The van der Waals surface area contributed by atoms with Gasteiger partial charge in [-0.2, -0.15) is 8.42 Å². The first-order chi connectivity index (χ1) is 16.1. The van der Waals surface area contributed by atoms with Gasteiger partial charge in [-0.1, -0.05) is 29.8 Å². The highest BCUT2D eigenvalue weighted by Crippen LogP contribution is 2.23. The number of aryl methyl sites for hydroxylation is 1. The number of fused-ring (bicyclic) bond motifs is 1. The molecule has 3 heterocycles. The van der Waals surface area contributed by atoms with Gasteiger partial charge in [-0.15, -0.1) is 0 Å². The predicted octanol–water partition coefficient (Wildman–Crippen LogP) is 4.05. The Morgan fingerprint density at radius 2 is 1.97 bits per heavy atom. The zero-order valence-electron chi connectivity index (χ0n) is 19.0. The third kappa shape index (κ3) is 7.99. The van der Waals surface area contributed by atoms with Crippen molar-refractivity contribution in [3.63, 3.8) is 0 Å². The van der Waals surface area contributed by atoms with E-state index in [0.717, 1.165) is 22.2 Å². The predicted molar refractivity (Wildman–Crippen MR) is 126 cm³/mol. The summed E-state index contributed by atoms with van der Waals surface area (Å²) < 4.78 is 51.1. The van der Waals surface area contributed by atoms with Crippen molar-refractivity contribution in [3.05, 3.63) is 59.9 Å². The minimum atomic E-state index is -3.67. The zero-order valence-corrected chi connectivity index (χ0v) is 19.8. The second-order valence-electron chi connectivity index (χ2n) is 8.17. The molecule has 1 amide bonds. The highest BCUT2D eigenvalue weighted by Gasteiger charge is 2.32. The van der Waals surface area contributed by atoms with Gasteiger partial charge in [0.05, 0.1) is 19.1 Å². The Kier molecular flexibility index (Phi) is 8.46. The van der Waals surface area contributed by atoms with Crippen molar-refractivity contribution in [1.82, 2.24) is 9.88 Å². The lowest BCUT2D eigenvalue weighted by molar-refractivity contribution is 0.0544. The molecule has 1 aliphatic heterocycles. The molecule has 1 aliphatic rings. The number of aromatic nitrogens is 1. The minimum Gasteiger partial charge on any atom is -0.463 e. The van der Waals surface area contributed by atoms with E-state index in [1.807, 2.05) is 43.3 Å². The molecular formula is C23H28FN3O6S. The number of rotatable bonds is 5. The van der Waals surface area contributed by atoms with E-state index in [1.165, 1.54) is 4.90 Å². The summed E-state index contributed by atoms with van der Waals surface area (Å²) >= 11 is 0. The Morgan fingerprint density at radius 3 is 2.65 bits per heavy atom. The van der Waals surface area contributed by atoms with Gasteiger partial charge < -0.3 is 19.4 Å². The molecule has 2 aromatic heterocycles. The van der Waals surface area contributed by atoms with Crippen molar-refractivity contribution in [2.75, 3.05) is 31.2 Å². The number of halogens is 1. The van der Waals surface area contributed by atoms with Crippen molar-refractivity contribution in [3.8, 4) is 0 Å². The maximum atomic E-state index is 14.6. The number of anilines is 1. The van der Waals surface area contributed by atoms with Crippen LogP contribution in [0.4, 0.5) is 15.0 Å². The van der Waals surface area contributed by atoms with Crippen molar-refractivity contribution < 1.29 is 31.3 Å². The molecule has 4 rings (SSSR count). The summed E-state index contributed by atoms with van der Waals surface area (Å²) in [6, 6.07) is 13.2. The molecule has 1 aromatic carbocycles. The summed E-state index contributed by atoms with van der Waals surface area (Å²) in [7, 11) is -3.67. The molecule has 0 aliphatic carbocycles. The van der Waals surface area contributed by atoms with E-state index in [-0.39, 0.29) is 19.1 Å². The number of hydrogen-bond acceptors (Lipinski definition) is 7. The van der Waals surface area contributed by atoms with Gasteiger partial charge in [0.25, 0.3) is 10.1 Å². The van der Waals surface area contributed by atoms with Crippen molar-refractivity contribution in [2.24, 2.45) is 5.92 Å². The Morgan fingerprint density at radius 1 is 1.26 bits per heavy atom. The second-order valence-corrected chi connectivity index (χ2v) is 9.63. The fraction of sp³-hybridized carbons (Fsp3) is 0.391. The van der Waals surface area contributed by atoms with E-state index in [4.69, 9.17) is 13.7 Å². The number of piperidine rings is 1. The number of alkyl halides is 1. The number of amides is 1. The lowest BCUT2D eigenvalue weighted by atomic mass is 9.95. The zero-order chi connectivity index (χ0) is 24.7. The smallest absolute Gasteiger partial charge is 0.410 e. The Balaban J connectivity index is 0.000000588. The van der Waals surface area contributed by atoms with Crippen LogP contribution in [0.2, 0.25) is 0 Å². The molecule has 0 saturated carbocycles. The van der Waals surface area contributed by atoms with Gasteiger partial charge >= 0.3 is 6.09 Å². The molecule has 0 bridgehead atoms. The van der Waals surface area contributed by atoms with Crippen molar-refractivity contribution in [1.29, 1.82) is 0 Å². The molecule has 34 heavy (non-hydrogen) atoms. The van der Waals surface area contributed by atoms with Crippen LogP contribution in [0.15, 0.2) is 53.1 Å². The van der Waals surface area contributed by atoms with Gasteiger partial charge in [-0.05, 0) is 31.0 Å². The molecule has 184 valence electrons. The molecule has 1 fully saturated rings. The van der Waals surface area contributed by atoms with Crippen LogP contribution >= 0.6 is 0 Å². The van der Waals surface area contributed by atoms with E-state index in [9.17, 15) is 17.6 Å². The lowest BCUT2D eigenvalue weighted by Crippen LogP contribution is -2.46. The number of carbonyl (C=O) groups excluding carboxylic acids is 1. The number of carbonyl (C=O) groups is 1. The molecule has 9 nitrogen and oxygen atoms in total. The molecule has 2 atom stereocenters. The minimum absolute atomic E-state index is 0.0489. The van der Waals surface area contributed by atoms with E-state index >= 15 is 0 Å². The first kappa shape index (κ1) is 25.4. The van der Waals surface area contributed by atoms with Gasteiger partial charge in [-0.25, -0.2) is 14.2 Å². The maximum Gasteiger partial charge on any atom is 0.410 e.